The molecule has 0 unspecified atom stereocenters. The lowest BCUT2D eigenvalue weighted by Crippen LogP contribution is -1.97. The van der Waals surface area contributed by atoms with Crippen LogP contribution in [-0.2, 0) is 0 Å². The Labute approximate surface area is 148 Å². The molecular weight excluding hydrogens is 334 g/mol. The van der Waals surface area contributed by atoms with Crippen LogP contribution in [0.1, 0.15) is 0 Å². The Morgan fingerprint density at radius 3 is 2.38 bits per heavy atom. The SMILES string of the molecule is Oc1ccc(Nc2nc(-c3ccc(F)cc3)cc3ccccc23)cc1F. The molecule has 3 aromatic carbocycles. The molecule has 1 heterocycles. The van der Waals surface area contributed by atoms with Gasteiger partial charge in [-0.2, -0.15) is 0 Å². The zero-order valence-electron chi connectivity index (χ0n) is 13.6. The third-order valence-electron chi connectivity index (χ3n) is 4.09. The second kappa shape index (κ2) is 6.44. The number of rotatable bonds is 3. The van der Waals surface area contributed by atoms with Crippen molar-refractivity contribution in [1.29, 1.82) is 0 Å². The summed E-state index contributed by atoms with van der Waals surface area (Å²) >= 11 is 0. The highest BCUT2D eigenvalue weighted by Gasteiger charge is 2.09. The van der Waals surface area contributed by atoms with Gasteiger partial charge in [0, 0.05) is 22.7 Å². The molecular formula is C21H14F2N2O. The Balaban J connectivity index is 1.84. The van der Waals surface area contributed by atoms with Crippen molar-refractivity contribution in [2.24, 2.45) is 0 Å². The number of pyridine rings is 1. The van der Waals surface area contributed by atoms with Gasteiger partial charge in [0.15, 0.2) is 11.6 Å². The van der Waals surface area contributed by atoms with E-state index in [1.165, 1.54) is 24.3 Å². The Kier molecular flexibility index (Phi) is 3.97. The zero-order chi connectivity index (χ0) is 18.1. The van der Waals surface area contributed by atoms with Crippen molar-refractivity contribution in [1.82, 2.24) is 4.98 Å². The third-order valence-corrected chi connectivity index (χ3v) is 4.09. The minimum absolute atomic E-state index is 0.313. The topological polar surface area (TPSA) is 45.1 Å². The number of phenols is 1. The Hall–Kier alpha value is -3.47. The fourth-order valence-corrected chi connectivity index (χ4v) is 2.78. The fraction of sp³-hybridized carbons (Fsp3) is 0. The average Bonchev–Trinajstić information content (AvgIpc) is 2.65. The summed E-state index contributed by atoms with van der Waals surface area (Å²) in [6, 6.07) is 19.7. The Bertz CT molecular complexity index is 1090. The lowest BCUT2D eigenvalue weighted by Gasteiger charge is -2.12. The second-order valence-electron chi connectivity index (χ2n) is 5.88. The van der Waals surface area contributed by atoms with Crippen molar-refractivity contribution in [2.45, 2.75) is 0 Å². The maximum atomic E-state index is 13.6. The van der Waals surface area contributed by atoms with Crippen LogP contribution in [0.5, 0.6) is 5.75 Å². The average molecular weight is 348 g/mol. The van der Waals surface area contributed by atoms with Gasteiger partial charge in [0.05, 0.1) is 5.69 Å². The van der Waals surface area contributed by atoms with E-state index in [0.29, 0.717) is 17.2 Å². The highest BCUT2D eigenvalue weighted by atomic mass is 19.1. The van der Waals surface area contributed by atoms with Crippen molar-refractivity contribution in [3.8, 4) is 17.0 Å². The molecule has 26 heavy (non-hydrogen) atoms. The quantitative estimate of drug-likeness (QED) is 0.472. The molecule has 0 bridgehead atoms. The lowest BCUT2D eigenvalue weighted by atomic mass is 10.1. The van der Waals surface area contributed by atoms with Crippen LogP contribution in [0.25, 0.3) is 22.0 Å². The van der Waals surface area contributed by atoms with E-state index in [2.05, 4.69) is 10.3 Å². The van der Waals surface area contributed by atoms with E-state index < -0.39 is 11.6 Å². The number of aromatic nitrogens is 1. The van der Waals surface area contributed by atoms with Crippen molar-refractivity contribution < 1.29 is 13.9 Å². The van der Waals surface area contributed by atoms with E-state index in [1.807, 2.05) is 30.3 Å². The first-order valence-corrected chi connectivity index (χ1v) is 8.01. The van der Waals surface area contributed by atoms with Crippen LogP contribution in [0.4, 0.5) is 20.3 Å². The molecule has 4 rings (SSSR count). The van der Waals surface area contributed by atoms with E-state index in [0.717, 1.165) is 16.3 Å². The molecule has 0 saturated carbocycles. The fourth-order valence-electron chi connectivity index (χ4n) is 2.78. The number of hydrogen-bond donors (Lipinski definition) is 2. The second-order valence-corrected chi connectivity index (χ2v) is 5.88. The molecule has 0 atom stereocenters. The van der Waals surface area contributed by atoms with Gasteiger partial charge in [-0.3, -0.25) is 0 Å². The highest BCUT2D eigenvalue weighted by molar-refractivity contribution is 5.95. The molecule has 0 saturated heterocycles. The van der Waals surface area contributed by atoms with Gasteiger partial charge in [0.25, 0.3) is 0 Å². The first kappa shape index (κ1) is 16.0. The lowest BCUT2D eigenvalue weighted by molar-refractivity contribution is 0.432. The van der Waals surface area contributed by atoms with E-state index in [4.69, 9.17) is 0 Å². The zero-order valence-corrected chi connectivity index (χ0v) is 13.6. The maximum absolute atomic E-state index is 13.6. The summed E-state index contributed by atoms with van der Waals surface area (Å²) in [5, 5.41) is 14.3. The van der Waals surface area contributed by atoms with E-state index in [9.17, 15) is 13.9 Å². The number of phenolic OH excluding ortho intramolecular Hbond substituents is 1. The van der Waals surface area contributed by atoms with Crippen LogP contribution in [0.2, 0.25) is 0 Å². The number of nitrogens with zero attached hydrogens (tertiary/aromatic N) is 1. The van der Waals surface area contributed by atoms with Crippen LogP contribution in [0, 0.1) is 11.6 Å². The summed E-state index contributed by atoms with van der Waals surface area (Å²) in [6.45, 7) is 0. The van der Waals surface area contributed by atoms with Gasteiger partial charge < -0.3 is 10.4 Å². The van der Waals surface area contributed by atoms with E-state index in [1.54, 1.807) is 18.2 Å². The standard InChI is InChI=1S/C21H14F2N2O/c22-15-7-5-13(6-8-15)19-11-14-3-1-2-4-17(14)21(25-19)24-16-9-10-20(26)18(23)12-16/h1-12,26H,(H,24,25). The van der Waals surface area contributed by atoms with Crippen LogP contribution in [0.15, 0.2) is 72.8 Å². The number of aromatic hydroxyl groups is 1. The molecule has 2 N–H and O–H groups in total. The van der Waals surface area contributed by atoms with E-state index >= 15 is 0 Å². The smallest absolute Gasteiger partial charge is 0.166 e. The van der Waals surface area contributed by atoms with Crippen molar-refractivity contribution >= 4 is 22.3 Å². The highest BCUT2D eigenvalue weighted by Crippen LogP contribution is 2.30. The molecule has 0 spiro atoms. The molecule has 0 radical (unpaired) electrons. The van der Waals surface area contributed by atoms with Crippen LogP contribution >= 0.6 is 0 Å². The molecule has 0 aliphatic carbocycles. The van der Waals surface area contributed by atoms with Gasteiger partial charge in [-0.1, -0.05) is 24.3 Å². The number of nitrogens with one attached hydrogen (secondary N) is 1. The monoisotopic (exact) mass is 348 g/mol. The number of benzene rings is 3. The largest absolute Gasteiger partial charge is 0.505 e. The van der Waals surface area contributed by atoms with Gasteiger partial charge in [-0.25, -0.2) is 13.8 Å². The van der Waals surface area contributed by atoms with Crippen LogP contribution < -0.4 is 5.32 Å². The number of hydrogen-bond acceptors (Lipinski definition) is 3. The first-order valence-electron chi connectivity index (χ1n) is 8.01. The Morgan fingerprint density at radius 2 is 1.62 bits per heavy atom. The van der Waals surface area contributed by atoms with Gasteiger partial charge >= 0.3 is 0 Å². The van der Waals surface area contributed by atoms with Crippen LogP contribution in [-0.4, -0.2) is 10.1 Å². The summed E-state index contributed by atoms with van der Waals surface area (Å²) in [4.78, 5) is 4.63. The minimum Gasteiger partial charge on any atom is -0.505 e. The summed E-state index contributed by atoms with van der Waals surface area (Å²) in [6.07, 6.45) is 0. The van der Waals surface area contributed by atoms with Gasteiger partial charge in [0.2, 0.25) is 0 Å². The predicted molar refractivity (Wildman–Crippen MR) is 98.5 cm³/mol. The van der Waals surface area contributed by atoms with Gasteiger partial charge in [-0.15, -0.1) is 0 Å². The number of halogens is 2. The number of anilines is 2. The van der Waals surface area contributed by atoms with Crippen molar-refractivity contribution in [3.05, 3.63) is 84.4 Å². The summed E-state index contributed by atoms with van der Waals surface area (Å²) < 4.78 is 26.8. The van der Waals surface area contributed by atoms with E-state index in [-0.39, 0.29) is 5.82 Å². The molecule has 4 aromatic rings. The van der Waals surface area contributed by atoms with Crippen molar-refractivity contribution in [3.63, 3.8) is 0 Å². The molecule has 0 amide bonds. The molecule has 1 aromatic heterocycles. The Morgan fingerprint density at radius 1 is 0.846 bits per heavy atom. The van der Waals surface area contributed by atoms with Crippen molar-refractivity contribution in [2.75, 3.05) is 5.32 Å². The number of fused-ring (bicyclic) bond motifs is 1. The minimum atomic E-state index is -0.714. The molecule has 0 fully saturated rings. The third kappa shape index (κ3) is 3.07. The molecule has 5 heteroatoms. The molecule has 128 valence electrons. The summed E-state index contributed by atoms with van der Waals surface area (Å²) in [7, 11) is 0. The maximum Gasteiger partial charge on any atom is 0.166 e. The van der Waals surface area contributed by atoms with Gasteiger partial charge in [0.1, 0.15) is 11.6 Å². The first-order chi connectivity index (χ1) is 12.6. The normalized spacial score (nSPS) is 10.8. The summed E-state index contributed by atoms with van der Waals surface area (Å²) in [5.41, 5.74) is 1.91. The molecule has 0 aliphatic heterocycles. The molecule has 3 nitrogen and oxygen atoms in total. The predicted octanol–water partition coefficient (Wildman–Crippen LogP) is 5.63. The molecule has 0 aliphatic rings. The van der Waals surface area contributed by atoms with Gasteiger partial charge in [-0.05, 0) is 47.9 Å². The van der Waals surface area contributed by atoms with Crippen LogP contribution in [0.3, 0.4) is 0 Å². The summed E-state index contributed by atoms with van der Waals surface area (Å²) in [5.74, 6) is -0.887.